The van der Waals surface area contributed by atoms with Crippen LogP contribution in [0.15, 0.2) is 31.9 Å². The first-order valence-corrected chi connectivity index (χ1v) is 10.3. The van der Waals surface area contributed by atoms with Crippen LogP contribution in [0.3, 0.4) is 0 Å². The number of aromatic nitrogens is 3. The number of rotatable bonds is 7. The average Bonchev–Trinajstić information content (AvgIpc) is 3.27. The normalized spacial score (nSPS) is 11.2. The predicted molar refractivity (Wildman–Crippen MR) is 97.6 cm³/mol. The summed E-state index contributed by atoms with van der Waals surface area (Å²) in [4.78, 5) is 0. The van der Waals surface area contributed by atoms with Crippen LogP contribution >= 0.6 is 35.1 Å². The largest absolute Gasteiger partial charge is 0.493 e. The Labute approximate surface area is 160 Å². The van der Waals surface area contributed by atoms with Crippen LogP contribution in [-0.4, -0.2) is 40.8 Å². The molecule has 0 N–H and O–H groups in total. The molecule has 138 valence electrons. The van der Waals surface area contributed by atoms with Gasteiger partial charge in [0.1, 0.15) is 5.03 Å². The van der Waals surface area contributed by atoms with Gasteiger partial charge in [-0.15, -0.1) is 33.7 Å². The maximum absolute atomic E-state index is 12.4. The average molecular weight is 417 g/mol. The molecule has 0 radical (unpaired) electrons. The van der Waals surface area contributed by atoms with Gasteiger partial charge in [-0.05, 0) is 42.2 Å². The molecule has 0 saturated heterocycles. The maximum atomic E-state index is 12.4. The number of halogens is 2. The fourth-order valence-corrected chi connectivity index (χ4v) is 4.42. The number of methoxy groups -OCH3 is 1. The Balaban J connectivity index is 1.97. The summed E-state index contributed by atoms with van der Waals surface area (Å²) < 4.78 is 45.5. The van der Waals surface area contributed by atoms with E-state index in [1.807, 2.05) is 12.5 Å². The zero-order chi connectivity index (χ0) is 18.7. The highest BCUT2D eigenvalue weighted by atomic mass is 32.2. The highest BCUT2D eigenvalue weighted by Gasteiger charge is 2.21. The minimum Gasteiger partial charge on any atom is -0.493 e. The van der Waals surface area contributed by atoms with Crippen molar-refractivity contribution in [3.63, 3.8) is 0 Å². The van der Waals surface area contributed by atoms with Crippen LogP contribution in [0, 0.1) is 0 Å². The van der Waals surface area contributed by atoms with E-state index in [1.165, 1.54) is 42.5 Å². The number of benzene rings is 1. The highest BCUT2D eigenvalue weighted by molar-refractivity contribution is 8.01. The SMILES string of the molecule is COc1cc(-c2nnc(-c3c(SC)nsc3SC)o2)ccc1OC(F)F. The maximum Gasteiger partial charge on any atom is 0.387 e. The molecule has 2 heterocycles. The van der Waals surface area contributed by atoms with E-state index < -0.39 is 6.61 Å². The Morgan fingerprint density at radius 2 is 1.88 bits per heavy atom. The molecule has 26 heavy (non-hydrogen) atoms. The highest BCUT2D eigenvalue weighted by Crippen LogP contribution is 2.41. The molecular formula is C15H13F2N3O3S3. The van der Waals surface area contributed by atoms with Gasteiger partial charge in [0.25, 0.3) is 5.89 Å². The topological polar surface area (TPSA) is 70.3 Å². The van der Waals surface area contributed by atoms with Gasteiger partial charge in [0.05, 0.1) is 16.9 Å². The van der Waals surface area contributed by atoms with Gasteiger partial charge in [0.15, 0.2) is 11.5 Å². The summed E-state index contributed by atoms with van der Waals surface area (Å²) in [5, 5.41) is 8.98. The summed E-state index contributed by atoms with van der Waals surface area (Å²) in [6.45, 7) is -2.94. The second-order valence-electron chi connectivity index (χ2n) is 4.71. The van der Waals surface area contributed by atoms with Gasteiger partial charge in [0, 0.05) is 5.56 Å². The van der Waals surface area contributed by atoms with Crippen LogP contribution in [0.25, 0.3) is 22.9 Å². The summed E-state index contributed by atoms with van der Waals surface area (Å²) in [6, 6.07) is 4.43. The Kier molecular flexibility index (Phi) is 5.99. The molecule has 0 amide bonds. The fraction of sp³-hybridized carbons (Fsp3) is 0.267. The van der Waals surface area contributed by atoms with Gasteiger partial charge in [-0.2, -0.15) is 13.2 Å². The van der Waals surface area contributed by atoms with Crippen molar-refractivity contribution >= 4 is 35.1 Å². The molecule has 0 aliphatic rings. The van der Waals surface area contributed by atoms with Crippen molar-refractivity contribution in [2.24, 2.45) is 0 Å². The second kappa shape index (κ2) is 8.23. The minimum atomic E-state index is -2.94. The van der Waals surface area contributed by atoms with E-state index in [9.17, 15) is 8.78 Å². The molecule has 3 rings (SSSR count). The van der Waals surface area contributed by atoms with Crippen LogP contribution in [-0.2, 0) is 0 Å². The lowest BCUT2D eigenvalue weighted by Gasteiger charge is -2.10. The summed E-state index contributed by atoms with van der Waals surface area (Å²) in [5.41, 5.74) is 1.33. The van der Waals surface area contributed by atoms with Crippen LogP contribution in [0.1, 0.15) is 0 Å². The van der Waals surface area contributed by atoms with Gasteiger partial charge in [0.2, 0.25) is 5.89 Å². The zero-order valence-electron chi connectivity index (χ0n) is 13.9. The molecule has 0 fully saturated rings. The zero-order valence-corrected chi connectivity index (χ0v) is 16.3. The van der Waals surface area contributed by atoms with Gasteiger partial charge >= 0.3 is 6.61 Å². The summed E-state index contributed by atoms with van der Waals surface area (Å²) in [7, 11) is 1.36. The van der Waals surface area contributed by atoms with Crippen molar-refractivity contribution in [3.8, 4) is 34.4 Å². The lowest BCUT2D eigenvalue weighted by atomic mass is 10.2. The Morgan fingerprint density at radius 3 is 2.54 bits per heavy atom. The minimum absolute atomic E-state index is 0.0673. The van der Waals surface area contributed by atoms with Gasteiger partial charge in [-0.1, -0.05) is 0 Å². The molecule has 3 aromatic rings. The van der Waals surface area contributed by atoms with Crippen LogP contribution < -0.4 is 9.47 Å². The standard InChI is InChI=1S/C15H13F2N3O3S3/c1-21-9-6-7(4-5-8(9)22-15(16)17)11-18-19-12(23-11)10-13(24-2)20-26-14(10)25-3/h4-6,15H,1-3H3. The molecule has 6 nitrogen and oxygen atoms in total. The number of ether oxygens (including phenoxy) is 2. The lowest BCUT2D eigenvalue weighted by Crippen LogP contribution is -2.03. The fourth-order valence-electron chi connectivity index (χ4n) is 2.15. The summed E-state index contributed by atoms with van der Waals surface area (Å²) in [6.07, 6.45) is 3.87. The quantitative estimate of drug-likeness (QED) is 0.502. The van der Waals surface area contributed by atoms with Gasteiger partial charge in [-0.3, -0.25) is 0 Å². The third-order valence-corrected chi connectivity index (χ3v) is 6.01. The second-order valence-corrected chi connectivity index (χ2v) is 7.36. The van der Waals surface area contributed by atoms with E-state index in [2.05, 4.69) is 19.3 Å². The molecule has 2 aromatic heterocycles. The monoisotopic (exact) mass is 417 g/mol. The third-order valence-electron chi connectivity index (χ3n) is 3.27. The van der Waals surface area contributed by atoms with Crippen LogP contribution in [0.2, 0.25) is 0 Å². The number of nitrogens with zero attached hydrogens (tertiary/aromatic N) is 3. The van der Waals surface area contributed by atoms with E-state index in [0.29, 0.717) is 11.5 Å². The van der Waals surface area contributed by atoms with Gasteiger partial charge < -0.3 is 13.9 Å². The molecule has 0 aliphatic heterocycles. The Bertz CT molecular complexity index is 880. The van der Waals surface area contributed by atoms with Crippen molar-refractivity contribution in [2.75, 3.05) is 19.6 Å². The van der Waals surface area contributed by atoms with Crippen molar-refractivity contribution < 1.29 is 22.7 Å². The molecule has 0 atom stereocenters. The van der Waals surface area contributed by atoms with Crippen LogP contribution in [0.4, 0.5) is 8.78 Å². The van der Waals surface area contributed by atoms with Crippen molar-refractivity contribution in [2.45, 2.75) is 15.8 Å². The Hall–Kier alpha value is -1.85. The molecule has 1 aromatic carbocycles. The van der Waals surface area contributed by atoms with Crippen molar-refractivity contribution in [1.82, 2.24) is 14.6 Å². The summed E-state index contributed by atoms with van der Waals surface area (Å²) >= 11 is 4.42. The molecule has 0 bridgehead atoms. The molecule has 0 unspecified atom stereocenters. The first-order chi connectivity index (χ1) is 12.6. The number of hydrogen-bond acceptors (Lipinski definition) is 9. The van der Waals surface area contributed by atoms with E-state index in [1.54, 1.807) is 17.8 Å². The smallest absolute Gasteiger partial charge is 0.387 e. The third kappa shape index (κ3) is 3.79. The van der Waals surface area contributed by atoms with E-state index in [4.69, 9.17) is 9.15 Å². The number of thioether (sulfide) groups is 2. The number of hydrogen-bond donors (Lipinski definition) is 0. The molecular weight excluding hydrogens is 404 g/mol. The summed E-state index contributed by atoms with van der Waals surface area (Å²) in [5.74, 6) is 0.679. The number of alkyl halides is 2. The van der Waals surface area contributed by atoms with Crippen LogP contribution in [0.5, 0.6) is 11.5 Å². The van der Waals surface area contributed by atoms with E-state index in [0.717, 1.165) is 14.8 Å². The van der Waals surface area contributed by atoms with Crippen molar-refractivity contribution in [1.29, 1.82) is 0 Å². The van der Waals surface area contributed by atoms with E-state index >= 15 is 0 Å². The lowest BCUT2D eigenvalue weighted by molar-refractivity contribution is -0.0512. The molecule has 0 aliphatic carbocycles. The first-order valence-electron chi connectivity index (χ1n) is 7.12. The predicted octanol–water partition coefficient (Wildman–Crippen LogP) is 4.91. The molecule has 0 saturated carbocycles. The Morgan fingerprint density at radius 1 is 1.12 bits per heavy atom. The first kappa shape index (κ1) is 18.9. The van der Waals surface area contributed by atoms with Gasteiger partial charge in [-0.25, -0.2) is 0 Å². The molecule has 11 heteroatoms. The molecule has 0 spiro atoms. The van der Waals surface area contributed by atoms with E-state index in [-0.39, 0.29) is 17.4 Å². The van der Waals surface area contributed by atoms with Crippen molar-refractivity contribution in [3.05, 3.63) is 18.2 Å².